The zero-order chi connectivity index (χ0) is 26.6. The largest absolute Gasteiger partial charge is 0.279 e. The third-order valence-corrected chi connectivity index (χ3v) is 8.60. The van der Waals surface area contributed by atoms with Crippen LogP contribution in [-0.2, 0) is 4.79 Å². The third kappa shape index (κ3) is 5.07. The van der Waals surface area contributed by atoms with Crippen LogP contribution in [0.2, 0.25) is 0 Å². The Kier molecular flexibility index (Phi) is 7.18. The summed E-state index contributed by atoms with van der Waals surface area (Å²) in [6, 6.07) is 40.3. The van der Waals surface area contributed by atoms with Crippen LogP contribution in [0.5, 0.6) is 0 Å². The van der Waals surface area contributed by atoms with E-state index < -0.39 is 0 Å². The van der Waals surface area contributed by atoms with Crippen molar-refractivity contribution in [1.82, 2.24) is 4.98 Å². The first-order chi connectivity index (χ1) is 19.2. The van der Waals surface area contributed by atoms with Gasteiger partial charge in [-0.05, 0) is 35.9 Å². The number of benzene rings is 4. The molecule has 0 unspecified atom stereocenters. The van der Waals surface area contributed by atoms with Gasteiger partial charge in [0, 0.05) is 33.1 Å². The molecule has 1 aliphatic rings. The maximum atomic E-state index is 13.7. The van der Waals surface area contributed by atoms with Gasteiger partial charge in [0.2, 0.25) is 5.91 Å². The van der Waals surface area contributed by atoms with Gasteiger partial charge in [0.1, 0.15) is 11.1 Å². The van der Waals surface area contributed by atoms with E-state index in [0.717, 1.165) is 43.6 Å². The Morgan fingerprint density at radius 1 is 0.795 bits per heavy atom. The van der Waals surface area contributed by atoms with Crippen molar-refractivity contribution in [3.05, 3.63) is 121 Å². The summed E-state index contributed by atoms with van der Waals surface area (Å²) in [7, 11) is 0. The lowest BCUT2D eigenvalue weighted by Crippen LogP contribution is -2.28. The van der Waals surface area contributed by atoms with Crippen molar-refractivity contribution in [3.8, 4) is 28.5 Å². The molecule has 5 aromatic rings. The fourth-order valence-electron chi connectivity index (χ4n) is 4.66. The molecule has 0 bridgehead atoms. The lowest BCUT2D eigenvalue weighted by atomic mass is 9.99. The van der Waals surface area contributed by atoms with E-state index in [2.05, 4.69) is 6.07 Å². The van der Waals surface area contributed by atoms with Crippen LogP contribution in [0.15, 0.2) is 130 Å². The van der Waals surface area contributed by atoms with Gasteiger partial charge in [-0.25, -0.2) is 4.98 Å². The number of nitrogens with zero attached hydrogens (tertiary/aromatic N) is 3. The highest BCUT2D eigenvalue weighted by molar-refractivity contribution is 7.99. The Morgan fingerprint density at radius 2 is 1.36 bits per heavy atom. The number of aromatic nitrogens is 1. The van der Waals surface area contributed by atoms with E-state index in [-0.39, 0.29) is 5.91 Å². The monoisotopic (exact) mass is 541 g/mol. The summed E-state index contributed by atoms with van der Waals surface area (Å²) in [6.45, 7) is 0. The first-order valence-corrected chi connectivity index (χ1v) is 14.4. The summed E-state index contributed by atoms with van der Waals surface area (Å²) in [6.07, 6.45) is 0.306. The predicted molar refractivity (Wildman–Crippen MR) is 159 cm³/mol. The van der Waals surface area contributed by atoms with Crippen molar-refractivity contribution in [1.29, 1.82) is 5.26 Å². The van der Waals surface area contributed by atoms with E-state index in [4.69, 9.17) is 4.98 Å². The van der Waals surface area contributed by atoms with Crippen LogP contribution >= 0.6 is 23.5 Å². The Hall–Kier alpha value is -4.31. The standard InChI is InChI=1S/C33H23N3OS2/c34-22-26-25(23-11-3-1-4-12-23)21-27(24-13-5-2-6-14-24)35-33(26)38-20-19-32(37)36-28-15-7-9-17-30(28)39-31-18-10-8-16-29(31)36/h1-18,21H,19-20H2. The molecule has 1 aromatic heterocycles. The third-order valence-electron chi connectivity index (χ3n) is 6.49. The van der Waals surface area contributed by atoms with Gasteiger partial charge < -0.3 is 0 Å². The van der Waals surface area contributed by atoms with E-state index >= 15 is 0 Å². The fraction of sp³-hybridized carbons (Fsp3) is 0.0606. The van der Waals surface area contributed by atoms with Crippen LogP contribution in [0.25, 0.3) is 22.4 Å². The first kappa shape index (κ1) is 25.0. The van der Waals surface area contributed by atoms with Gasteiger partial charge in [0.15, 0.2) is 0 Å². The number of hydrogen-bond acceptors (Lipinski definition) is 5. The quantitative estimate of drug-likeness (QED) is 0.202. The minimum absolute atomic E-state index is 0.0173. The van der Waals surface area contributed by atoms with Gasteiger partial charge in [-0.2, -0.15) is 5.26 Å². The number of hydrogen-bond donors (Lipinski definition) is 0. The molecule has 0 fully saturated rings. The average Bonchev–Trinajstić information content (AvgIpc) is 3.00. The van der Waals surface area contributed by atoms with Crippen LogP contribution < -0.4 is 4.90 Å². The molecular formula is C33H23N3OS2. The van der Waals surface area contributed by atoms with Crippen molar-refractivity contribution in [2.24, 2.45) is 0 Å². The second-order valence-electron chi connectivity index (χ2n) is 8.94. The lowest BCUT2D eigenvalue weighted by molar-refractivity contribution is -0.117. The molecule has 0 aliphatic carbocycles. The molecule has 0 spiro atoms. The molecular weight excluding hydrogens is 519 g/mol. The molecule has 4 aromatic carbocycles. The van der Waals surface area contributed by atoms with Gasteiger partial charge in [-0.3, -0.25) is 9.69 Å². The lowest BCUT2D eigenvalue weighted by Gasteiger charge is -2.31. The van der Waals surface area contributed by atoms with Crippen LogP contribution in [0, 0.1) is 11.3 Å². The highest BCUT2D eigenvalue weighted by Gasteiger charge is 2.27. The molecule has 6 rings (SSSR count). The fourth-order valence-corrected chi connectivity index (χ4v) is 6.65. The summed E-state index contributed by atoms with van der Waals surface area (Å²) < 4.78 is 0. The second kappa shape index (κ2) is 11.2. The highest BCUT2D eigenvalue weighted by Crippen LogP contribution is 2.48. The van der Waals surface area contributed by atoms with E-state index in [9.17, 15) is 10.1 Å². The molecule has 0 saturated carbocycles. The Labute approximate surface area is 236 Å². The number of carbonyl (C=O) groups is 1. The number of pyridine rings is 1. The van der Waals surface area contributed by atoms with E-state index in [0.29, 0.717) is 22.8 Å². The zero-order valence-corrected chi connectivity index (χ0v) is 22.6. The topological polar surface area (TPSA) is 57.0 Å². The van der Waals surface area contributed by atoms with Gasteiger partial charge >= 0.3 is 0 Å². The van der Waals surface area contributed by atoms with Crippen molar-refractivity contribution in [2.75, 3.05) is 10.7 Å². The first-order valence-electron chi connectivity index (χ1n) is 12.6. The number of amides is 1. The molecule has 4 nitrogen and oxygen atoms in total. The molecule has 188 valence electrons. The smallest absolute Gasteiger partial charge is 0.232 e. The number of para-hydroxylation sites is 2. The van der Waals surface area contributed by atoms with Gasteiger partial charge in [0.05, 0.1) is 22.6 Å². The molecule has 1 amide bonds. The Bertz CT molecular complexity index is 1650. The SMILES string of the molecule is N#Cc1c(-c2ccccc2)cc(-c2ccccc2)nc1SCCC(=O)N1c2ccccc2Sc2ccccc21. The molecule has 0 N–H and O–H groups in total. The van der Waals surface area contributed by atoms with Crippen molar-refractivity contribution >= 4 is 40.8 Å². The van der Waals surface area contributed by atoms with Gasteiger partial charge in [-0.1, -0.05) is 96.7 Å². The summed E-state index contributed by atoms with van der Waals surface area (Å²) >= 11 is 3.14. The number of rotatable bonds is 6. The van der Waals surface area contributed by atoms with Gasteiger partial charge in [0.25, 0.3) is 0 Å². The molecule has 6 heteroatoms. The second-order valence-corrected chi connectivity index (χ2v) is 11.1. The maximum absolute atomic E-state index is 13.7. The number of nitriles is 1. The number of anilines is 2. The molecule has 1 aliphatic heterocycles. The number of thioether (sulfide) groups is 1. The van der Waals surface area contributed by atoms with Crippen LogP contribution in [0.3, 0.4) is 0 Å². The summed E-state index contributed by atoms with van der Waals surface area (Å²) in [5.74, 6) is 0.518. The van der Waals surface area contributed by atoms with E-state index in [1.165, 1.54) is 11.8 Å². The van der Waals surface area contributed by atoms with E-state index in [1.54, 1.807) is 11.8 Å². The van der Waals surface area contributed by atoms with Crippen molar-refractivity contribution < 1.29 is 4.79 Å². The summed E-state index contributed by atoms with van der Waals surface area (Å²) in [5, 5.41) is 10.8. The molecule has 2 heterocycles. The molecule has 39 heavy (non-hydrogen) atoms. The van der Waals surface area contributed by atoms with Crippen molar-refractivity contribution in [3.63, 3.8) is 0 Å². The van der Waals surface area contributed by atoms with Crippen LogP contribution in [0.4, 0.5) is 11.4 Å². The van der Waals surface area contributed by atoms with E-state index in [1.807, 2.05) is 120 Å². The predicted octanol–water partition coefficient (Wildman–Crippen LogP) is 8.60. The maximum Gasteiger partial charge on any atom is 0.232 e. The number of fused-ring (bicyclic) bond motifs is 2. The Balaban J connectivity index is 1.31. The normalized spacial score (nSPS) is 11.8. The molecule has 0 radical (unpaired) electrons. The molecule has 0 saturated heterocycles. The zero-order valence-electron chi connectivity index (χ0n) is 21.0. The highest BCUT2D eigenvalue weighted by atomic mass is 32.2. The summed E-state index contributed by atoms with van der Waals surface area (Å²) in [5.41, 5.74) is 5.94. The molecule has 0 atom stereocenters. The van der Waals surface area contributed by atoms with Crippen LogP contribution in [-0.4, -0.2) is 16.6 Å². The number of carbonyl (C=O) groups excluding carboxylic acids is 1. The van der Waals surface area contributed by atoms with Crippen molar-refractivity contribution in [2.45, 2.75) is 21.2 Å². The average molecular weight is 542 g/mol. The minimum Gasteiger partial charge on any atom is -0.279 e. The minimum atomic E-state index is 0.0173. The Morgan fingerprint density at radius 3 is 1.97 bits per heavy atom. The van der Waals surface area contributed by atoms with Crippen LogP contribution in [0.1, 0.15) is 12.0 Å². The summed E-state index contributed by atoms with van der Waals surface area (Å²) in [4.78, 5) is 22.5. The van der Waals surface area contributed by atoms with Gasteiger partial charge in [-0.15, -0.1) is 11.8 Å².